The minimum Gasteiger partial charge on any atom is -0.320 e. The van der Waals surface area contributed by atoms with Crippen molar-refractivity contribution in [3.05, 3.63) is 12.2 Å². The van der Waals surface area contributed by atoms with Gasteiger partial charge in [0.25, 0.3) is 0 Å². The SMILES string of the molecule is CN(Cc1nncn1C)C1CCCNCC1. The van der Waals surface area contributed by atoms with E-state index in [2.05, 4.69) is 27.5 Å². The van der Waals surface area contributed by atoms with Gasteiger partial charge in [-0.1, -0.05) is 0 Å². The number of aryl methyl sites for hydroxylation is 1. The van der Waals surface area contributed by atoms with Gasteiger partial charge in [-0.3, -0.25) is 4.90 Å². The Balaban J connectivity index is 1.91. The Bertz CT molecular complexity index is 314. The Labute approximate surface area is 96.8 Å². The summed E-state index contributed by atoms with van der Waals surface area (Å²) < 4.78 is 1.99. The lowest BCUT2D eigenvalue weighted by Crippen LogP contribution is -2.32. The molecule has 0 aliphatic carbocycles. The van der Waals surface area contributed by atoms with E-state index in [0.717, 1.165) is 25.5 Å². The van der Waals surface area contributed by atoms with Crippen LogP contribution < -0.4 is 5.32 Å². The summed E-state index contributed by atoms with van der Waals surface area (Å²) in [5.74, 6) is 1.04. The maximum Gasteiger partial charge on any atom is 0.146 e. The second-order valence-electron chi connectivity index (χ2n) is 4.61. The van der Waals surface area contributed by atoms with E-state index in [0.29, 0.717) is 6.04 Å². The summed E-state index contributed by atoms with van der Waals surface area (Å²) >= 11 is 0. The molecule has 90 valence electrons. The standard InChI is InChI=1S/C11H21N5/c1-15(8-11-14-13-9-16(11)2)10-4-3-6-12-7-5-10/h9-10,12H,3-8H2,1-2H3. The molecule has 0 amide bonds. The summed E-state index contributed by atoms with van der Waals surface area (Å²) in [6, 6.07) is 0.673. The third-order valence-electron chi connectivity index (χ3n) is 3.36. The zero-order chi connectivity index (χ0) is 11.4. The average molecular weight is 223 g/mol. The van der Waals surface area contributed by atoms with Crippen LogP contribution in [0.25, 0.3) is 0 Å². The first-order valence-electron chi connectivity index (χ1n) is 6.01. The van der Waals surface area contributed by atoms with Gasteiger partial charge in [0.15, 0.2) is 0 Å². The zero-order valence-corrected chi connectivity index (χ0v) is 10.2. The van der Waals surface area contributed by atoms with Gasteiger partial charge in [0, 0.05) is 13.1 Å². The van der Waals surface area contributed by atoms with Crippen LogP contribution in [0.1, 0.15) is 25.1 Å². The van der Waals surface area contributed by atoms with Crippen LogP contribution in [0.5, 0.6) is 0 Å². The summed E-state index contributed by atoms with van der Waals surface area (Å²) in [4.78, 5) is 2.40. The first-order chi connectivity index (χ1) is 7.77. The summed E-state index contributed by atoms with van der Waals surface area (Å²) in [5, 5.41) is 11.5. The van der Waals surface area contributed by atoms with Gasteiger partial charge >= 0.3 is 0 Å². The molecule has 1 aromatic heterocycles. The Morgan fingerprint density at radius 1 is 1.50 bits per heavy atom. The topological polar surface area (TPSA) is 46.0 Å². The quantitative estimate of drug-likeness (QED) is 0.805. The van der Waals surface area contributed by atoms with Gasteiger partial charge < -0.3 is 9.88 Å². The number of nitrogens with one attached hydrogen (secondary N) is 1. The molecule has 0 bridgehead atoms. The fraction of sp³-hybridized carbons (Fsp3) is 0.818. The van der Waals surface area contributed by atoms with Crippen molar-refractivity contribution in [2.24, 2.45) is 7.05 Å². The summed E-state index contributed by atoms with van der Waals surface area (Å²) in [6.07, 6.45) is 5.54. The van der Waals surface area contributed by atoms with Crippen molar-refractivity contribution < 1.29 is 0 Å². The lowest BCUT2D eigenvalue weighted by Gasteiger charge is -2.26. The van der Waals surface area contributed by atoms with Gasteiger partial charge in [-0.2, -0.15) is 0 Å². The van der Waals surface area contributed by atoms with Crippen LogP contribution in [-0.4, -0.2) is 45.8 Å². The third-order valence-corrected chi connectivity index (χ3v) is 3.36. The van der Waals surface area contributed by atoms with Crippen LogP contribution in [0.2, 0.25) is 0 Å². The van der Waals surface area contributed by atoms with Crippen molar-refractivity contribution in [3.8, 4) is 0 Å². The first kappa shape index (κ1) is 11.5. The molecule has 16 heavy (non-hydrogen) atoms. The maximum atomic E-state index is 4.13. The fourth-order valence-electron chi connectivity index (χ4n) is 2.24. The van der Waals surface area contributed by atoms with E-state index in [-0.39, 0.29) is 0 Å². The number of nitrogens with zero attached hydrogens (tertiary/aromatic N) is 4. The molecule has 1 unspecified atom stereocenters. The normalized spacial score (nSPS) is 22.3. The highest BCUT2D eigenvalue weighted by Gasteiger charge is 2.17. The highest BCUT2D eigenvalue weighted by molar-refractivity contribution is 4.86. The van der Waals surface area contributed by atoms with E-state index in [9.17, 15) is 0 Å². The van der Waals surface area contributed by atoms with Crippen LogP contribution in [-0.2, 0) is 13.6 Å². The van der Waals surface area contributed by atoms with Gasteiger partial charge in [-0.25, -0.2) is 0 Å². The monoisotopic (exact) mass is 223 g/mol. The second kappa shape index (κ2) is 5.41. The van der Waals surface area contributed by atoms with Crippen molar-refractivity contribution in [1.82, 2.24) is 25.0 Å². The molecular weight excluding hydrogens is 202 g/mol. The van der Waals surface area contributed by atoms with E-state index in [4.69, 9.17) is 0 Å². The Hall–Kier alpha value is -0.940. The molecule has 1 saturated heterocycles. The predicted octanol–water partition coefficient (Wildman–Crippen LogP) is 0.389. The lowest BCUT2D eigenvalue weighted by molar-refractivity contribution is 0.209. The minimum atomic E-state index is 0.673. The van der Waals surface area contributed by atoms with E-state index in [1.165, 1.54) is 19.3 Å². The average Bonchev–Trinajstić information content (AvgIpc) is 2.57. The van der Waals surface area contributed by atoms with Crippen molar-refractivity contribution in [1.29, 1.82) is 0 Å². The summed E-state index contributed by atoms with van der Waals surface area (Å²) in [5.41, 5.74) is 0. The molecule has 1 aliphatic heterocycles. The van der Waals surface area contributed by atoms with Gasteiger partial charge in [0.1, 0.15) is 12.2 Å². The Morgan fingerprint density at radius 2 is 2.38 bits per heavy atom. The molecule has 0 aromatic carbocycles. The summed E-state index contributed by atoms with van der Waals surface area (Å²) in [7, 11) is 4.18. The number of aromatic nitrogens is 3. The zero-order valence-electron chi connectivity index (χ0n) is 10.2. The van der Waals surface area contributed by atoms with Crippen LogP contribution in [0, 0.1) is 0 Å². The molecule has 2 rings (SSSR count). The molecule has 1 aromatic rings. The molecule has 5 nitrogen and oxygen atoms in total. The molecular formula is C11H21N5. The minimum absolute atomic E-state index is 0.673. The van der Waals surface area contributed by atoms with Crippen molar-refractivity contribution in [3.63, 3.8) is 0 Å². The highest BCUT2D eigenvalue weighted by atomic mass is 15.3. The number of hydrogen-bond donors (Lipinski definition) is 1. The van der Waals surface area contributed by atoms with E-state index >= 15 is 0 Å². The largest absolute Gasteiger partial charge is 0.320 e. The first-order valence-corrected chi connectivity index (χ1v) is 6.01. The number of rotatable bonds is 3. The summed E-state index contributed by atoms with van der Waals surface area (Å²) in [6.45, 7) is 3.18. The second-order valence-corrected chi connectivity index (χ2v) is 4.61. The van der Waals surface area contributed by atoms with E-state index < -0.39 is 0 Å². The maximum absolute atomic E-state index is 4.13. The van der Waals surface area contributed by atoms with Gasteiger partial charge in [-0.05, 0) is 39.4 Å². The molecule has 0 saturated carbocycles. The van der Waals surface area contributed by atoms with Crippen LogP contribution in [0.4, 0.5) is 0 Å². The molecule has 1 fully saturated rings. The van der Waals surface area contributed by atoms with Crippen molar-refractivity contribution >= 4 is 0 Å². The van der Waals surface area contributed by atoms with Gasteiger partial charge in [-0.15, -0.1) is 10.2 Å². The third kappa shape index (κ3) is 2.80. The number of hydrogen-bond acceptors (Lipinski definition) is 4. The van der Waals surface area contributed by atoms with Crippen LogP contribution in [0.15, 0.2) is 6.33 Å². The van der Waals surface area contributed by atoms with E-state index in [1.807, 2.05) is 11.6 Å². The van der Waals surface area contributed by atoms with E-state index in [1.54, 1.807) is 6.33 Å². The Morgan fingerprint density at radius 3 is 3.12 bits per heavy atom. The van der Waals surface area contributed by atoms with Crippen LogP contribution >= 0.6 is 0 Å². The smallest absolute Gasteiger partial charge is 0.146 e. The molecule has 1 atom stereocenters. The van der Waals surface area contributed by atoms with Crippen LogP contribution in [0.3, 0.4) is 0 Å². The van der Waals surface area contributed by atoms with Crippen molar-refractivity contribution in [2.45, 2.75) is 31.8 Å². The lowest BCUT2D eigenvalue weighted by atomic mass is 10.1. The molecule has 0 spiro atoms. The van der Waals surface area contributed by atoms with Crippen molar-refractivity contribution in [2.75, 3.05) is 20.1 Å². The molecule has 5 heteroatoms. The molecule has 1 aliphatic rings. The van der Waals surface area contributed by atoms with Gasteiger partial charge in [0.05, 0.1) is 6.54 Å². The highest BCUT2D eigenvalue weighted by Crippen LogP contribution is 2.13. The Kier molecular flexibility index (Phi) is 3.90. The molecule has 1 N–H and O–H groups in total. The molecule has 2 heterocycles. The van der Waals surface area contributed by atoms with Gasteiger partial charge in [0.2, 0.25) is 0 Å². The molecule has 0 radical (unpaired) electrons. The predicted molar refractivity (Wildman–Crippen MR) is 63.0 cm³/mol. The fourth-order valence-corrected chi connectivity index (χ4v) is 2.24.